The summed E-state index contributed by atoms with van der Waals surface area (Å²) in [5.74, 6) is 0.867. The fourth-order valence-corrected chi connectivity index (χ4v) is 2.02. The van der Waals surface area contributed by atoms with Crippen LogP contribution in [0.4, 0.5) is 0 Å². The molecule has 0 spiro atoms. The predicted molar refractivity (Wildman–Crippen MR) is 64.8 cm³/mol. The molecule has 0 aliphatic heterocycles. The normalized spacial score (nSPS) is 11.5. The van der Waals surface area contributed by atoms with Crippen molar-refractivity contribution in [2.24, 2.45) is 0 Å². The second-order valence-electron chi connectivity index (χ2n) is 4.33. The van der Waals surface area contributed by atoms with E-state index in [4.69, 9.17) is 12.6 Å². The quantitative estimate of drug-likeness (QED) is 0.699. The van der Waals surface area contributed by atoms with Crippen molar-refractivity contribution in [2.75, 3.05) is 7.11 Å². The molecule has 0 N–H and O–H groups in total. The van der Waals surface area contributed by atoms with Crippen LogP contribution in [0.1, 0.15) is 26.3 Å². The van der Waals surface area contributed by atoms with Crippen LogP contribution in [0.3, 0.4) is 0 Å². The first kappa shape index (κ1) is 11.6. The number of halogens is 1. The van der Waals surface area contributed by atoms with Gasteiger partial charge in [-0.3, -0.25) is 0 Å². The fraction of sp³-hybridized carbons (Fsp3) is 0.455. The van der Waals surface area contributed by atoms with E-state index in [2.05, 4.69) is 36.7 Å². The Labute approximate surface area is 95.4 Å². The first-order chi connectivity index (χ1) is 6.36. The van der Waals surface area contributed by atoms with Crippen molar-refractivity contribution in [3.63, 3.8) is 0 Å². The second kappa shape index (κ2) is 3.97. The zero-order chi connectivity index (χ0) is 10.9. The Morgan fingerprint density at radius 1 is 1.29 bits per heavy atom. The molecule has 2 radical (unpaired) electrons. The molecule has 0 bridgehead atoms. The summed E-state index contributed by atoms with van der Waals surface area (Å²) < 4.78 is 6.26. The van der Waals surface area contributed by atoms with Gasteiger partial charge in [0, 0.05) is 5.56 Å². The molecule has 0 aromatic heterocycles. The van der Waals surface area contributed by atoms with Gasteiger partial charge in [0.25, 0.3) is 0 Å². The van der Waals surface area contributed by atoms with Gasteiger partial charge in [0.1, 0.15) is 13.6 Å². The van der Waals surface area contributed by atoms with Crippen molar-refractivity contribution in [1.29, 1.82) is 0 Å². The van der Waals surface area contributed by atoms with Gasteiger partial charge in [-0.25, -0.2) is 0 Å². The van der Waals surface area contributed by atoms with Gasteiger partial charge in [-0.2, -0.15) is 0 Å². The van der Waals surface area contributed by atoms with Gasteiger partial charge in [-0.1, -0.05) is 38.4 Å². The predicted octanol–water partition coefficient (Wildman–Crippen LogP) is 2.55. The Kier molecular flexibility index (Phi) is 3.30. The lowest BCUT2D eigenvalue weighted by Gasteiger charge is -2.23. The van der Waals surface area contributed by atoms with E-state index < -0.39 is 0 Å². The van der Waals surface area contributed by atoms with E-state index in [1.165, 1.54) is 0 Å². The first-order valence-electron chi connectivity index (χ1n) is 4.49. The molecule has 0 saturated heterocycles. The Hall–Kier alpha value is -0.435. The number of hydrogen-bond donors (Lipinski definition) is 0. The van der Waals surface area contributed by atoms with Crippen LogP contribution in [0, 0.1) is 0 Å². The summed E-state index contributed by atoms with van der Waals surface area (Å²) in [7, 11) is 7.47. The maximum atomic E-state index is 5.79. The highest BCUT2D eigenvalue weighted by Crippen LogP contribution is 2.35. The van der Waals surface area contributed by atoms with E-state index in [1.807, 2.05) is 12.1 Å². The van der Waals surface area contributed by atoms with Crippen molar-refractivity contribution < 1.29 is 4.74 Å². The van der Waals surface area contributed by atoms with Crippen LogP contribution < -0.4 is 10.2 Å². The molecule has 0 saturated carbocycles. The minimum absolute atomic E-state index is 0.0310. The van der Waals surface area contributed by atoms with Crippen LogP contribution in [0.15, 0.2) is 16.6 Å². The van der Waals surface area contributed by atoms with Crippen LogP contribution in [0.25, 0.3) is 0 Å². The minimum atomic E-state index is 0.0310. The number of hydrogen-bond acceptors (Lipinski definition) is 1. The third-order valence-corrected chi connectivity index (χ3v) is 2.67. The van der Waals surface area contributed by atoms with Gasteiger partial charge in [0.15, 0.2) is 0 Å². The van der Waals surface area contributed by atoms with E-state index in [-0.39, 0.29) is 5.41 Å². The van der Waals surface area contributed by atoms with Gasteiger partial charge < -0.3 is 4.74 Å². The molecular formula is C11H14BBrO. The van der Waals surface area contributed by atoms with E-state index in [0.717, 1.165) is 21.2 Å². The average Bonchev–Trinajstić information content (AvgIpc) is 2.01. The SMILES string of the molecule is [B]c1cc(Br)c(OC)c(C(C)(C)C)c1. The van der Waals surface area contributed by atoms with Gasteiger partial charge in [-0.15, -0.1) is 0 Å². The smallest absolute Gasteiger partial charge is 0.136 e. The summed E-state index contributed by atoms with van der Waals surface area (Å²) in [5, 5.41) is 0. The lowest BCUT2D eigenvalue weighted by atomic mass is 9.82. The molecule has 0 unspecified atom stereocenters. The zero-order valence-corrected chi connectivity index (χ0v) is 10.6. The molecular weight excluding hydrogens is 239 g/mol. The Morgan fingerprint density at radius 3 is 2.29 bits per heavy atom. The number of methoxy groups -OCH3 is 1. The minimum Gasteiger partial charge on any atom is -0.495 e. The Bertz CT molecular complexity index is 342. The number of ether oxygens (including phenoxy) is 1. The van der Waals surface area contributed by atoms with Gasteiger partial charge in [0.2, 0.25) is 0 Å². The van der Waals surface area contributed by atoms with Crippen LogP contribution in [0.2, 0.25) is 0 Å². The molecule has 0 heterocycles. The average molecular weight is 253 g/mol. The standard InChI is InChI=1S/C11H14BBrO/c1-11(2,3)8-5-7(12)6-9(13)10(8)14-4/h5-6H,1-4H3. The van der Waals surface area contributed by atoms with Crippen molar-refractivity contribution in [3.05, 3.63) is 22.2 Å². The highest BCUT2D eigenvalue weighted by atomic mass is 79.9. The molecule has 0 amide bonds. The molecule has 1 rings (SSSR count). The highest BCUT2D eigenvalue weighted by molar-refractivity contribution is 9.10. The highest BCUT2D eigenvalue weighted by Gasteiger charge is 2.20. The molecule has 1 aromatic carbocycles. The molecule has 74 valence electrons. The van der Waals surface area contributed by atoms with Crippen LogP contribution >= 0.6 is 15.9 Å². The fourth-order valence-electron chi connectivity index (χ4n) is 1.38. The van der Waals surface area contributed by atoms with Crippen molar-refractivity contribution in [1.82, 2.24) is 0 Å². The largest absolute Gasteiger partial charge is 0.495 e. The summed E-state index contributed by atoms with van der Waals surface area (Å²) in [5.41, 5.74) is 1.90. The molecule has 14 heavy (non-hydrogen) atoms. The topological polar surface area (TPSA) is 9.23 Å². The Morgan fingerprint density at radius 2 is 1.86 bits per heavy atom. The lowest BCUT2D eigenvalue weighted by molar-refractivity contribution is 0.395. The lowest BCUT2D eigenvalue weighted by Crippen LogP contribution is -2.17. The summed E-state index contributed by atoms with van der Waals surface area (Å²) in [6, 6.07) is 3.82. The number of benzene rings is 1. The van der Waals surface area contributed by atoms with Crippen molar-refractivity contribution >= 4 is 29.2 Å². The monoisotopic (exact) mass is 252 g/mol. The van der Waals surface area contributed by atoms with Crippen molar-refractivity contribution in [2.45, 2.75) is 26.2 Å². The molecule has 0 atom stereocenters. The third-order valence-electron chi connectivity index (χ3n) is 2.08. The first-order valence-corrected chi connectivity index (χ1v) is 5.29. The maximum absolute atomic E-state index is 5.79. The van der Waals surface area contributed by atoms with Gasteiger partial charge >= 0.3 is 0 Å². The molecule has 3 heteroatoms. The molecule has 0 aliphatic carbocycles. The van der Waals surface area contributed by atoms with E-state index in [1.54, 1.807) is 7.11 Å². The summed E-state index contributed by atoms with van der Waals surface area (Å²) in [6.07, 6.45) is 0. The van der Waals surface area contributed by atoms with Gasteiger partial charge in [-0.05, 0) is 21.3 Å². The van der Waals surface area contributed by atoms with Crippen LogP contribution in [0.5, 0.6) is 5.75 Å². The molecule has 1 nitrogen and oxygen atoms in total. The van der Waals surface area contributed by atoms with Crippen molar-refractivity contribution in [3.8, 4) is 5.75 Å². The molecule has 0 aliphatic rings. The van der Waals surface area contributed by atoms with E-state index in [9.17, 15) is 0 Å². The number of rotatable bonds is 1. The van der Waals surface area contributed by atoms with Crippen LogP contribution in [-0.4, -0.2) is 15.0 Å². The van der Waals surface area contributed by atoms with Crippen LogP contribution in [-0.2, 0) is 5.41 Å². The van der Waals surface area contributed by atoms with E-state index >= 15 is 0 Å². The summed E-state index contributed by atoms with van der Waals surface area (Å²) in [4.78, 5) is 0. The third kappa shape index (κ3) is 2.32. The molecule has 1 aromatic rings. The summed E-state index contributed by atoms with van der Waals surface area (Å²) >= 11 is 3.45. The summed E-state index contributed by atoms with van der Waals surface area (Å²) in [6.45, 7) is 6.41. The second-order valence-corrected chi connectivity index (χ2v) is 5.19. The van der Waals surface area contributed by atoms with E-state index in [0.29, 0.717) is 0 Å². The maximum Gasteiger partial charge on any atom is 0.136 e. The zero-order valence-electron chi connectivity index (χ0n) is 9.02. The van der Waals surface area contributed by atoms with Gasteiger partial charge in [0.05, 0.1) is 11.6 Å². The molecule has 0 fully saturated rings. The Balaban J connectivity index is 3.40.